The molecule has 3 rings (SSSR count). The molecule has 0 spiro atoms. The van der Waals surface area contributed by atoms with Gasteiger partial charge in [-0.2, -0.15) is 0 Å². The van der Waals surface area contributed by atoms with Gasteiger partial charge in [0.1, 0.15) is 4.88 Å². The second-order valence-corrected chi connectivity index (χ2v) is 7.19. The van der Waals surface area contributed by atoms with Gasteiger partial charge in [-0.3, -0.25) is 4.79 Å². The molecule has 0 radical (unpaired) electrons. The van der Waals surface area contributed by atoms with Gasteiger partial charge < -0.3 is 5.32 Å². The molecule has 5 heteroatoms. The first-order valence-electron chi connectivity index (χ1n) is 6.73. The zero-order chi connectivity index (χ0) is 15.7. The minimum atomic E-state index is -0.163. The Morgan fingerprint density at radius 2 is 2.00 bits per heavy atom. The molecular weight excluding hydrogens is 334 g/mol. The molecular formula is C17H14ClNOS2. The molecule has 2 aromatic carbocycles. The van der Waals surface area contributed by atoms with E-state index in [9.17, 15) is 4.79 Å². The molecule has 2 nitrogen and oxygen atoms in total. The van der Waals surface area contributed by atoms with E-state index in [-0.39, 0.29) is 5.91 Å². The van der Waals surface area contributed by atoms with E-state index in [4.69, 9.17) is 11.6 Å². The number of benzene rings is 2. The fraction of sp³-hybridized carbons (Fsp3) is 0.118. The Hall–Kier alpha value is -1.49. The van der Waals surface area contributed by atoms with E-state index in [0.717, 1.165) is 26.2 Å². The lowest BCUT2D eigenvalue weighted by molar-refractivity contribution is 0.103. The standard InChI is InChI=1S/C17H14ClNOS2/c1-10-5-3-8-13-14(10)15(18)16(22-13)17(20)19-11-6-4-7-12(9-11)21-2/h3-9H,1-2H3,(H,19,20). The number of nitrogens with one attached hydrogen (secondary N) is 1. The molecule has 112 valence electrons. The molecule has 3 aromatic rings. The fourth-order valence-corrected chi connectivity index (χ4v) is 4.35. The smallest absolute Gasteiger partial charge is 0.267 e. The van der Waals surface area contributed by atoms with Gasteiger partial charge in [0, 0.05) is 20.7 Å². The topological polar surface area (TPSA) is 29.1 Å². The van der Waals surface area contributed by atoms with Crippen LogP contribution >= 0.6 is 34.7 Å². The number of carbonyl (C=O) groups is 1. The lowest BCUT2D eigenvalue weighted by Crippen LogP contribution is -2.10. The van der Waals surface area contributed by atoms with E-state index in [1.807, 2.05) is 55.6 Å². The molecule has 0 bridgehead atoms. The molecule has 1 heterocycles. The minimum Gasteiger partial charge on any atom is -0.321 e. The van der Waals surface area contributed by atoms with Crippen LogP contribution < -0.4 is 5.32 Å². The van der Waals surface area contributed by atoms with Crippen LogP contribution in [0.3, 0.4) is 0 Å². The Morgan fingerprint density at radius 3 is 2.73 bits per heavy atom. The van der Waals surface area contributed by atoms with Gasteiger partial charge in [0.25, 0.3) is 5.91 Å². The molecule has 0 aliphatic rings. The van der Waals surface area contributed by atoms with Crippen molar-refractivity contribution in [3.8, 4) is 0 Å². The lowest BCUT2D eigenvalue weighted by Gasteiger charge is -2.05. The second-order valence-electron chi connectivity index (χ2n) is 4.88. The molecule has 0 unspecified atom stereocenters. The van der Waals surface area contributed by atoms with Gasteiger partial charge >= 0.3 is 0 Å². The number of thiophene rings is 1. The fourth-order valence-electron chi connectivity index (χ4n) is 2.31. The highest BCUT2D eigenvalue weighted by atomic mass is 35.5. The molecule has 0 aliphatic heterocycles. The summed E-state index contributed by atoms with van der Waals surface area (Å²) in [7, 11) is 0. The van der Waals surface area contributed by atoms with Crippen LogP contribution in [0.1, 0.15) is 15.2 Å². The summed E-state index contributed by atoms with van der Waals surface area (Å²) < 4.78 is 1.04. The summed E-state index contributed by atoms with van der Waals surface area (Å²) in [6.45, 7) is 2.00. The normalized spacial score (nSPS) is 10.9. The summed E-state index contributed by atoms with van der Waals surface area (Å²) in [5.41, 5.74) is 1.87. The molecule has 1 amide bonds. The summed E-state index contributed by atoms with van der Waals surface area (Å²) in [5, 5.41) is 4.44. The Bertz CT molecular complexity index is 857. The second kappa shape index (κ2) is 6.32. The van der Waals surface area contributed by atoms with Crippen LogP contribution in [0.4, 0.5) is 5.69 Å². The lowest BCUT2D eigenvalue weighted by atomic mass is 10.1. The molecule has 0 saturated heterocycles. The van der Waals surface area contributed by atoms with Gasteiger partial charge in [0.05, 0.1) is 5.02 Å². The Morgan fingerprint density at radius 1 is 1.23 bits per heavy atom. The number of aryl methyl sites for hydroxylation is 1. The van der Waals surface area contributed by atoms with Gasteiger partial charge in [0.15, 0.2) is 0 Å². The zero-order valence-corrected chi connectivity index (χ0v) is 14.5. The van der Waals surface area contributed by atoms with Crippen molar-refractivity contribution in [1.82, 2.24) is 0 Å². The quantitative estimate of drug-likeness (QED) is 0.603. The maximum atomic E-state index is 12.5. The summed E-state index contributed by atoms with van der Waals surface area (Å²) >= 11 is 9.49. The van der Waals surface area contributed by atoms with E-state index in [1.54, 1.807) is 11.8 Å². The third-order valence-corrected chi connectivity index (χ3v) is 5.77. The summed E-state index contributed by atoms with van der Waals surface area (Å²) in [6.07, 6.45) is 2.01. The van der Waals surface area contributed by atoms with Gasteiger partial charge in [-0.1, -0.05) is 29.8 Å². The van der Waals surface area contributed by atoms with E-state index < -0.39 is 0 Å². The van der Waals surface area contributed by atoms with Gasteiger partial charge in [0.2, 0.25) is 0 Å². The van der Waals surface area contributed by atoms with E-state index in [2.05, 4.69) is 5.32 Å². The van der Waals surface area contributed by atoms with Crippen molar-refractivity contribution in [2.24, 2.45) is 0 Å². The number of thioether (sulfide) groups is 1. The summed E-state index contributed by atoms with van der Waals surface area (Å²) in [4.78, 5) is 14.2. The third-order valence-electron chi connectivity index (χ3n) is 3.40. The summed E-state index contributed by atoms with van der Waals surface area (Å²) in [6, 6.07) is 13.7. The molecule has 0 fully saturated rings. The third kappa shape index (κ3) is 2.86. The SMILES string of the molecule is CSc1cccc(NC(=O)c2sc3cccc(C)c3c2Cl)c1. The number of amides is 1. The van der Waals surface area contributed by atoms with Gasteiger partial charge in [-0.25, -0.2) is 0 Å². The number of anilines is 1. The number of fused-ring (bicyclic) bond motifs is 1. The van der Waals surface area contributed by atoms with E-state index in [1.165, 1.54) is 11.3 Å². The maximum absolute atomic E-state index is 12.5. The van der Waals surface area contributed by atoms with Crippen molar-refractivity contribution in [2.45, 2.75) is 11.8 Å². The molecule has 0 aliphatic carbocycles. The number of carbonyl (C=O) groups excluding carboxylic acids is 1. The van der Waals surface area contributed by atoms with Crippen LogP contribution in [0.5, 0.6) is 0 Å². The number of halogens is 1. The largest absolute Gasteiger partial charge is 0.321 e. The van der Waals surface area contributed by atoms with Crippen LogP contribution in [0.15, 0.2) is 47.4 Å². The highest BCUT2D eigenvalue weighted by Crippen LogP contribution is 2.37. The number of rotatable bonds is 3. The van der Waals surface area contributed by atoms with Gasteiger partial charge in [-0.15, -0.1) is 23.1 Å². The molecule has 1 N–H and O–H groups in total. The van der Waals surface area contributed by atoms with Crippen LogP contribution in [-0.2, 0) is 0 Å². The summed E-state index contributed by atoms with van der Waals surface area (Å²) in [5.74, 6) is -0.163. The zero-order valence-electron chi connectivity index (χ0n) is 12.1. The predicted molar refractivity (Wildman–Crippen MR) is 97.7 cm³/mol. The van der Waals surface area contributed by atoms with Crippen LogP contribution in [0.25, 0.3) is 10.1 Å². The van der Waals surface area contributed by atoms with Crippen molar-refractivity contribution in [2.75, 3.05) is 11.6 Å². The highest BCUT2D eigenvalue weighted by Gasteiger charge is 2.18. The Kier molecular flexibility index (Phi) is 4.43. The predicted octanol–water partition coefficient (Wildman–Crippen LogP) is 5.84. The van der Waals surface area contributed by atoms with Crippen molar-refractivity contribution in [1.29, 1.82) is 0 Å². The monoisotopic (exact) mass is 347 g/mol. The Balaban J connectivity index is 1.95. The maximum Gasteiger partial charge on any atom is 0.267 e. The van der Waals surface area contributed by atoms with Crippen LogP contribution in [-0.4, -0.2) is 12.2 Å². The molecule has 1 aromatic heterocycles. The average molecular weight is 348 g/mol. The van der Waals surface area contributed by atoms with Crippen molar-refractivity contribution in [3.05, 3.63) is 57.9 Å². The van der Waals surface area contributed by atoms with Crippen molar-refractivity contribution < 1.29 is 4.79 Å². The first-order valence-corrected chi connectivity index (χ1v) is 9.15. The van der Waals surface area contributed by atoms with E-state index >= 15 is 0 Å². The Labute approximate surface area is 142 Å². The molecule has 0 saturated carbocycles. The van der Waals surface area contributed by atoms with Crippen molar-refractivity contribution in [3.63, 3.8) is 0 Å². The van der Waals surface area contributed by atoms with Crippen LogP contribution in [0, 0.1) is 6.92 Å². The van der Waals surface area contributed by atoms with E-state index in [0.29, 0.717) is 9.90 Å². The average Bonchev–Trinajstić information content (AvgIpc) is 2.86. The number of hydrogen-bond donors (Lipinski definition) is 1. The molecule has 0 atom stereocenters. The first kappa shape index (κ1) is 15.4. The molecule has 22 heavy (non-hydrogen) atoms. The van der Waals surface area contributed by atoms with Gasteiger partial charge in [-0.05, 0) is 43.0 Å². The minimum absolute atomic E-state index is 0.163. The van der Waals surface area contributed by atoms with Crippen molar-refractivity contribution >= 4 is 56.4 Å². The highest BCUT2D eigenvalue weighted by molar-refractivity contribution is 7.98. The van der Waals surface area contributed by atoms with Crippen LogP contribution in [0.2, 0.25) is 5.02 Å². The first-order chi connectivity index (χ1) is 10.6. The number of hydrogen-bond acceptors (Lipinski definition) is 3.